The standard InChI is InChI=1S/C13H17ClN4OS/c1-2-4-11(19)16-9-5-3-6-18(8-9)13-10(7-15)12(14)17-20-13/h9H,2-6,8H2,1H3,(H,16,19). The number of nitriles is 1. The second-order valence-electron chi connectivity index (χ2n) is 4.87. The lowest BCUT2D eigenvalue weighted by Crippen LogP contribution is -2.47. The Morgan fingerprint density at radius 3 is 3.20 bits per heavy atom. The molecule has 1 unspecified atom stereocenters. The van der Waals surface area contributed by atoms with Crippen molar-refractivity contribution in [3.8, 4) is 6.07 Å². The van der Waals surface area contributed by atoms with Crippen LogP contribution >= 0.6 is 23.1 Å². The number of carbonyl (C=O) groups excluding carboxylic acids is 1. The predicted octanol–water partition coefficient (Wildman–Crippen LogP) is 2.55. The molecule has 7 heteroatoms. The quantitative estimate of drug-likeness (QED) is 0.927. The van der Waals surface area contributed by atoms with Gasteiger partial charge in [-0.25, -0.2) is 0 Å². The number of piperidine rings is 1. The Kier molecular flexibility index (Phi) is 5.21. The molecule has 5 nitrogen and oxygen atoms in total. The molecule has 1 saturated heterocycles. The minimum Gasteiger partial charge on any atom is -0.359 e. The van der Waals surface area contributed by atoms with Crippen LogP contribution in [0.2, 0.25) is 5.15 Å². The summed E-state index contributed by atoms with van der Waals surface area (Å²) in [6, 6.07) is 2.24. The van der Waals surface area contributed by atoms with E-state index in [-0.39, 0.29) is 17.1 Å². The van der Waals surface area contributed by atoms with Crippen molar-refractivity contribution in [3.05, 3.63) is 10.7 Å². The molecule has 2 rings (SSSR count). The average molecular weight is 313 g/mol. The number of carbonyl (C=O) groups is 1. The summed E-state index contributed by atoms with van der Waals surface area (Å²) >= 11 is 7.15. The van der Waals surface area contributed by atoms with E-state index >= 15 is 0 Å². The van der Waals surface area contributed by atoms with Crippen molar-refractivity contribution < 1.29 is 4.79 Å². The predicted molar refractivity (Wildman–Crippen MR) is 80.1 cm³/mol. The molecule has 1 aliphatic heterocycles. The van der Waals surface area contributed by atoms with Gasteiger partial charge in [-0.1, -0.05) is 18.5 Å². The molecule has 0 saturated carbocycles. The van der Waals surface area contributed by atoms with Crippen LogP contribution in [0.25, 0.3) is 0 Å². The molecule has 1 amide bonds. The SMILES string of the molecule is CCCC(=O)NC1CCCN(c2snc(Cl)c2C#N)C1. The second kappa shape index (κ2) is 6.91. The summed E-state index contributed by atoms with van der Waals surface area (Å²) in [4.78, 5) is 13.8. The zero-order valence-corrected chi connectivity index (χ0v) is 12.9. The molecule has 0 bridgehead atoms. The lowest BCUT2D eigenvalue weighted by Gasteiger charge is -2.33. The van der Waals surface area contributed by atoms with E-state index in [4.69, 9.17) is 16.9 Å². The van der Waals surface area contributed by atoms with E-state index in [1.807, 2.05) is 6.92 Å². The van der Waals surface area contributed by atoms with Crippen LogP contribution in [0.4, 0.5) is 5.00 Å². The fourth-order valence-electron chi connectivity index (χ4n) is 2.38. The molecular formula is C13H17ClN4OS. The van der Waals surface area contributed by atoms with E-state index in [1.54, 1.807) is 0 Å². The smallest absolute Gasteiger partial charge is 0.220 e. The first-order valence-electron chi connectivity index (χ1n) is 6.75. The van der Waals surface area contributed by atoms with Gasteiger partial charge in [0.25, 0.3) is 0 Å². The average Bonchev–Trinajstić information content (AvgIpc) is 2.80. The molecular weight excluding hydrogens is 296 g/mol. The van der Waals surface area contributed by atoms with E-state index in [2.05, 4.69) is 20.7 Å². The third-order valence-corrected chi connectivity index (χ3v) is 4.58. The Morgan fingerprint density at radius 1 is 1.70 bits per heavy atom. The Bertz CT molecular complexity index is 525. The fourth-order valence-corrected chi connectivity index (χ4v) is 3.44. The van der Waals surface area contributed by atoms with Gasteiger partial charge in [0.15, 0.2) is 5.15 Å². The minimum absolute atomic E-state index is 0.0993. The highest BCUT2D eigenvalue weighted by Gasteiger charge is 2.25. The summed E-state index contributed by atoms with van der Waals surface area (Å²) in [6.07, 6.45) is 3.37. The van der Waals surface area contributed by atoms with E-state index in [0.29, 0.717) is 18.5 Å². The second-order valence-corrected chi connectivity index (χ2v) is 5.98. The van der Waals surface area contributed by atoms with Crippen molar-refractivity contribution in [1.29, 1.82) is 5.26 Å². The highest BCUT2D eigenvalue weighted by Crippen LogP contribution is 2.32. The van der Waals surface area contributed by atoms with Gasteiger partial charge in [-0.05, 0) is 30.8 Å². The molecule has 1 atom stereocenters. The van der Waals surface area contributed by atoms with E-state index in [1.165, 1.54) is 11.5 Å². The number of nitrogens with one attached hydrogen (secondary N) is 1. The van der Waals surface area contributed by atoms with Crippen molar-refractivity contribution in [3.63, 3.8) is 0 Å². The van der Waals surface area contributed by atoms with Crippen molar-refractivity contribution in [2.75, 3.05) is 18.0 Å². The van der Waals surface area contributed by atoms with Gasteiger partial charge >= 0.3 is 0 Å². The van der Waals surface area contributed by atoms with Crippen molar-refractivity contribution in [1.82, 2.24) is 9.69 Å². The third-order valence-electron chi connectivity index (χ3n) is 3.29. The normalized spacial score (nSPS) is 18.6. The number of aromatic nitrogens is 1. The maximum absolute atomic E-state index is 11.7. The van der Waals surface area contributed by atoms with Crippen LogP contribution in [0.15, 0.2) is 0 Å². The van der Waals surface area contributed by atoms with Crippen LogP contribution in [0, 0.1) is 11.3 Å². The van der Waals surface area contributed by atoms with E-state index in [0.717, 1.165) is 30.8 Å². The summed E-state index contributed by atoms with van der Waals surface area (Å²) in [5, 5.41) is 13.3. The molecule has 1 aromatic rings. The Labute approximate surface area is 127 Å². The molecule has 0 radical (unpaired) electrons. The number of rotatable bonds is 4. The Hall–Kier alpha value is -1.32. The van der Waals surface area contributed by atoms with Gasteiger partial charge in [0.2, 0.25) is 5.91 Å². The Morgan fingerprint density at radius 2 is 2.50 bits per heavy atom. The van der Waals surface area contributed by atoms with Gasteiger partial charge in [-0.3, -0.25) is 4.79 Å². The number of hydrogen-bond donors (Lipinski definition) is 1. The monoisotopic (exact) mass is 312 g/mol. The number of hydrogen-bond acceptors (Lipinski definition) is 5. The van der Waals surface area contributed by atoms with Gasteiger partial charge in [-0.2, -0.15) is 9.64 Å². The maximum Gasteiger partial charge on any atom is 0.220 e. The molecule has 1 aromatic heterocycles. The molecule has 0 aliphatic carbocycles. The van der Waals surface area contributed by atoms with Crippen LogP contribution in [0.3, 0.4) is 0 Å². The van der Waals surface area contributed by atoms with E-state index < -0.39 is 0 Å². The third kappa shape index (κ3) is 3.41. The minimum atomic E-state index is 0.0993. The fraction of sp³-hybridized carbons (Fsp3) is 0.615. The molecule has 1 aliphatic rings. The van der Waals surface area contributed by atoms with Crippen LogP contribution in [-0.2, 0) is 4.79 Å². The highest BCUT2D eigenvalue weighted by molar-refractivity contribution is 7.10. The van der Waals surface area contributed by atoms with Crippen LogP contribution in [0.1, 0.15) is 38.2 Å². The summed E-state index contributed by atoms with van der Waals surface area (Å²) in [7, 11) is 0. The molecule has 2 heterocycles. The summed E-state index contributed by atoms with van der Waals surface area (Å²) in [6.45, 7) is 3.57. The number of amides is 1. The first-order chi connectivity index (χ1) is 9.65. The van der Waals surface area contributed by atoms with E-state index in [9.17, 15) is 4.79 Å². The lowest BCUT2D eigenvalue weighted by molar-refractivity contribution is -0.121. The number of halogens is 1. The topological polar surface area (TPSA) is 69.0 Å². The molecule has 0 aromatic carbocycles. The van der Waals surface area contributed by atoms with Gasteiger partial charge in [0.05, 0.1) is 0 Å². The number of anilines is 1. The summed E-state index contributed by atoms with van der Waals surface area (Å²) in [5.41, 5.74) is 0.442. The van der Waals surface area contributed by atoms with Crippen LogP contribution in [-0.4, -0.2) is 29.4 Å². The molecule has 108 valence electrons. The molecule has 0 spiro atoms. The highest BCUT2D eigenvalue weighted by atomic mass is 35.5. The zero-order chi connectivity index (χ0) is 14.5. The summed E-state index contributed by atoms with van der Waals surface area (Å²) < 4.78 is 4.03. The molecule has 1 N–H and O–H groups in total. The molecule has 20 heavy (non-hydrogen) atoms. The largest absolute Gasteiger partial charge is 0.359 e. The van der Waals surface area contributed by atoms with Gasteiger partial charge in [-0.15, -0.1) is 0 Å². The number of nitrogens with zero attached hydrogens (tertiary/aromatic N) is 3. The Balaban J connectivity index is 2.03. The molecule has 1 fully saturated rings. The van der Waals surface area contributed by atoms with Gasteiger partial charge in [0.1, 0.15) is 16.6 Å². The van der Waals surface area contributed by atoms with Gasteiger partial charge in [0, 0.05) is 25.6 Å². The summed E-state index contributed by atoms with van der Waals surface area (Å²) in [5.74, 6) is 0.0993. The van der Waals surface area contributed by atoms with Crippen molar-refractivity contribution in [2.24, 2.45) is 0 Å². The lowest BCUT2D eigenvalue weighted by atomic mass is 10.1. The van der Waals surface area contributed by atoms with Crippen LogP contribution < -0.4 is 10.2 Å². The van der Waals surface area contributed by atoms with Crippen molar-refractivity contribution in [2.45, 2.75) is 38.6 Å². The maximum atomic E-state index is 11.7. The van der Waals surface area contributed by atoms with Gasteiger partial charge < -0.3 is 10.2 Å². The first-order valence-corrected chi connectivity index (χ1v) is 7.90. The first kappa shape index (κ1) is 15.1. The van der Waals surface area contributed by atoms with Crippen molar-refractivity contribution >= 4 is 34.0 Å². The van der Waals surface area contributed by atoms with Crippen LogP contribution in [0.5, 0.6) is 0 Å². The zero-order valence-electron chi connectivity index (χ0n) is 11.4.